The lowest BCUT2D eigenvalue weighted by molar-refractivity contribution is 0.195. The Kier molecular flexibility index (Phi) is 5.45. The van der Waals surface area contributed by atoms with E-state index in [0.29, 0.717) is 6.04 Å². The number of aromatic nitrogens is 3. The average molecular weight is 400 g/mol. The number of hydrogen-bond acceptors (Lipinski definition) is 5. The Hall–Kier alpha value is -2.79. The molecular weight excluding hydrogens is 370 g/mol. The van der Waals surface area contributed by atoms with Gasteiger partial charge in [0.2, 0.25) is 0 Å². The number of fused-ring (bicyclic) bond motifs is 1. The molecule has 2 aliphatic rings. The highest BCUT2D eigenvalue weighted by Gasteiger charge is 2.27. The lowest BCUT2D eigenvalue weighted by Gasteiger charge is -2.39. The van der Waals surface area contributed by atoms with Crippen LogP contribution in [0.1, 0.15) is 30.2 Å². The van der Waals surface area contributed by atoms with Crippen molar-refractivity contribution in [2.45, 2.75) is 38.6 Å². The van der Waals surface area contributed by atoms with E-state index in [-0.39, 0.29) is 0 Å². The van der Waals surface area contributed by atoms with E-state index in [1.54, 1.807) is 0 Å². The first-order valence-electron chi connectivity index (χ1n) is 11.1. The first-order chi connectivity index (χ1) is 14.8. The van der Waals surface area contributed by atoms with Crippen molar-refractivity contribution in [3.05, 3.63) is 71.7 Å². The molecule has 1 unspecified atom stereocenters. The van der Waals surface area contributed by atoms with Gasteiger partial charge < -0.3 is 4.90 Å². The van der Waals surface area contributed by atoms with Crippen LogP contribution in [0.4, 0.5) is 5.82 Å². The third kappa shape index (κ3) is 3.94. The third-order valence-corrected chi connectivity index (χ3v) is 6.43. The summed E-state index contributed by atoms with van der Waals surface area (Å²) in [5.41, 5.74) is 5.06. The van der Waals surface area contributed by atoms with Crippen LogP contribution in [0, 0.1) is 0 Å². The number of pyridine rings is 1. The van der Waals surface area contributed by atoms with E-state index >= 15 is 0 Å². The van der Waals surface area contributed by atoms with Gasteiger partial charge in [-0.1, -0.05) is 36.4 Å². The highest BCUT2D eigenvalue weighted by molar-refractivity contribution is 5.61. The third-order valence-electron chi connectivity index (χ3n) is 6.43. The van der Waals surface area contributed by atoms with Crippen molar-refractivity contribution in [3.8, 4) is 11.4 Å². The fourth-order valence-electron chi connectivity index (χ4n) is 4.75. The van der Waals surface area contributed by atoms with Crippen LogP contribution in [0.25, 0.3) is 11.4 Å². The van der Waals surface area contributed by atoms with Crippen LogP contribution in [0.2, 0.25) is 0 Å². The lowest BCUT2D eigenvalue weighted by atomic mass is 10.1. The molecule has 0 N–H and O–H groups in total. The molecule has 1 aromatic carbocycles. The molecule has 1 aliphatic heterocycles. The summed E-state index contributed by atoms with van der Waals surface area (Å²) in [5.74, 6) is 2.05. The van der Waals surface area contributed by atoms with Crippen molar-refractivity contribution >= 4 is 5.82 Å². The number of piperazine rings is 1. The van der Waals surface area contributed by atoms with E-state index in [4.69, 9.17) is 9.97 Å². The molecule has 3 heterocycles. The summed E-state index contributed by atoms with van der Waals surface area (Å²) in [5, 5.41) is 0. The zero-order valence-electron chi connectivity index (χ0n) is 17.7. The Morgan fingerprint density at radius 2 is 1.77 bits per heavy atom. The zero-order valence-corrected chi connectivity index (χ0v) is 17.7. The van der Waals surface area contributed by atoms with E-state index in [0.717, 1.165) is 56.8 Å². The monoisotopic (exact) mass is 399 g/mol. The van der Waals surface area contributed by atoms with Crippen molar-refractivity contribution in [1.29, 1.82) is 0 Å². The minimum absolute atomic E-state index is 0.521. The SMILES string of the molecule is CC(Cc1cccnc1)N1CCN(c2nc(-c3ccccc3)nc3c2CCC3)CC1. The summed E-state index contributed by atoms with van der Waals surface area (Å²) in [7, 11) is 0. The van der Waals surface area contributed by atoms with Crippen LogP contribution in [0.15, 0.2) is 54.9 Å². The summed E-state index contributed by atoms with van der Waals surface area (Å²) in [6.07, 6.45) is 8.26. The van der Waals surface area contributed by atoms with Gasteiger partial charge in [-0.05, 0) is 44.2 Å². The standard InChI is InChI=1S/C25H29N5/c1-19(17-20-7-6-12-26-18-20)29-13-15-30(16-14-29)25-22-10-5-11-23(22)27-24(28-25)21-8-3-2-4-9-21/h2-4,6-9,12,18-19H,5,10-11,13-17H2,1H3. The molecule has 0 saturated carbocycles. The fourth-order valence-corrected chi connectivity index (χ4v) is 4.75. The number of hydrogen-bond donors (Lipinski definition) is 0. The van der Waals surface area contributed by atoms with E-state index in [9.17, 15) is 0 Å². The van der Waals surface area contributed by atoms with Gasteiger partial charge in [-0.15, -0.1) is 0 Å². The highest BCUT2D eigenvalue weighted by Crippen LogP contribution is 2.32. The molecule has 5 heteroatoms. The number of rotatable bonds is 5. The van der Waals surface area contributed by atoms with Crippen LogP contribution in [0.5, 0.6) is 0 Å². The van der Waals surface area contributed by atoms with Crippen molar-refractivity contribution in [3.63, 3.8) is 0 Å². The first-order valence-corrected chi connectivity index (χ1v) is 11.1. The second kappa shape index (κ2) is 8.52. The van der Waals surface area contributed by atoms with Crippen LogP contribution < -0.4 is 4.90 Å². The largest absolute Gasteiger partial charge is 0.354 e. The molecule has 1 atom stereocenters. The van der Waals surface area contributed by atoms with Crippen molar-refractivity contribution in [1.82, 2.24) is 19.9 Å². The molecule has 1 saturated heterocycles. The summed E-state index contributed by atoms with van der Waals surface area (Å²) >= 11 is 0. The van der Waals surface area contributed by atoms with Gasteiger partial charge in [-0.2, -0.15) is 0 Å². The fraction of sp³-hybridized carbons (Fsp3) is 0.400. The van der Waals surface area contributed by atoms with Crippen molar-refractivity contribution < 1.29 is 0 Å². The van der Waals surface area contributed by atoms with Gasteiger partial charge in [0.15, 0.2) is 5.82 Å². The number of aryl methyl sites for hydroxylation is 1. The Morgan fingerprint density at radius 1 is 0.933 bits per heavy atom. The molecule has 1 aliphatic carbocycles. The first kappa shape index (κ1) is 19.2. The van der Waals surface area contributed by atoms with Gasteiger partial charge in [-0.3, -0.25) is 9.88 Å². The van der Waals surface area contributed by atoms with E-state index in [1.165, 1.54) is 29.1 Å². The van der Waals surface area contributed by atoms with Crippen LogP contribution in [-0.2, 0) is 19.3 Å². The van der Waals surface area contributed by atoms with Gasteiger partial charge >= 0.3 is 0 Å². The topological polar surface area (TPSA) is 45.2 Å². The normalized spacial score (nSPS) is 17.7. The molecule has 0 amide bonds. The highest BCUT2D eigenvalue weighted by atomic mass is 15.3. The predicted octanol–water partition coefficient (Wildman–Crippen LogP) is 3.78. The molecule has 0 spiro atoms. The second-order valence-electron chi connectivity index (χ2n) is 8.45. The number of benzene rings is 1. The minimum Gasteiger partial charge on any atom is -0.354 e. The Morgan fingerprint density at radius 3 is 2.53 bits per heavy atom. The maximum atomic E-state index is 5.06. The molecule has 154 valence electrons. The van der Waals surface area contributed by atoms with Crippen molar-refractivity contribution in [2.75, 3.05) is 31.1 Å². The molecule has 30 heavy (non-hydrogen) atoms. The lowest BCUT2D eigenvalue weighted by Crippen LogP contribution is -2.50. The summed E-state index contributed by atoms with van der Waals surface area (Å²) in [6.45, 7) is 6.52. The van der Waals surface area contributed by atoms with Crippen LogP contribution in [0.3, 0.4) is 0 Å². The molecule has 3 aromatic rings. The Balaban J connectivity index is 1.32. The molecule has 2 aromatic heterocycles. The van der Waals surface area contributed by atoms with Gasteiger partial charge in [0.25, 0.3) is 0 Å². The molecule has 5 rings (SSSR count). The smallest absolute Gasteiger partial charge is 0.161 e. The van der Waals surface area contributed by atoms with Gasteiger partial charge in [0.05, 0.1) is 0 Å². The quantitative estimate of drug-likeness (QED) is 0.653. The van der Waals surface area contributed by atoms with Crippen molar-refractivity contribution in [2.24, 2.45) is 0 Å². The molecule has 1 fully saturated rings. The maximum absolute atomic E-state index is 5.06. The maximum Gasteiger partial charge on any atom is 0.161 e. The zero-order chi connectivity index (χ0) is 20.3. The van der Waals surface area contributed by atoms with E-state index in [1.807, 2.05) is 24.5 Å². The van der Waals surface area contributed by atoms with Gasteiger partial charge in [-0.25, -0.2) is 9.97 Å². The van der Waals surface area contributed by atoms with Gasteiger partial charge in [0.1, 0.15) is 5.82 Å². The number of nitrogens with zero attached hydrogens (tertiary/aromatic N) is 5. The average Bonchev–Trinajstić information content (AvgIpc) is 3.29. The minimum atomic E-state index is 0.521. The van der Waals surface area contributed by atoms with E-state index < -0.39 is 0 Å². The molecular formula is C25H29N5. The van der Waals surface area contributed by atoms with E-state index in [2.05, 4.69) is 52.0 Å². The molecule has 0 radical (unpaired) electrons. The Labute approximate surface area is 178 Å². The molecule has 5 nitrogen and oxygen atoms in total. The summed E-state index contributed by atoms with van der Waals surface area (Å²) in [4.78, 5) is 19.3. The van der Waals surface area contributed by atoms with Crippen LogP contribution >= 0.6 is 0 Å². The van der Waals surface area contributed by atoms with Gasteiger partial charge in [0, 0.05) is 61.4 Å². The Bertz CT molecular complexity index is 981. The molecule has 0 bridgehead atoms. The van der Waals surface area contributed by atoms with Crippen LogP contribution in [-0.4, -0.2) is 52.1 Å². The summed E-state index contributed by atoms with van der Waals surface area (Å²) in [6, 6.07) is 15.1. The second-order valence-corrected chi connectivity index (χ2v) is 8.45. The number of anilines is 1. The summed E-state index contributed by atoms with van der Waals surface area (Å²) < 4.78 is 0. The predicted molar refractivity (Wildman–Crippen MR) is 121 cm³/mol.